The first-order chi connectivity index (χ1) is 13.6. The Labute approximate surface area is 163 Å². The smallest absolute Gasteiger partial charge is 0.269 e. The van der Waals surface area contributed by atoms with Gasteiger partial charge in [-0.1, -0.05) is 12.8 Å². The van der Waals surface area contributed by atoms with Gasteiger partial charge in [0.05, 0.1) is 26.0 Å². The maximum atomic E-state index is 12.2. The van der Waals surface area contributed by atoms with E-state index in [1.807, 2.05) is 6.07 Å². The average Bonchev–Trinajstić information content (AvgIpc) is 3.22. The van der Waals surface area contributed by atoms with Crippen LogP contribution in [0, 0.1) is 0 Å². The summed E-state index contributed by atoms with van der Waals surface area (Å²) in [7, 11) is 3.14. The van der Waals surface area contributed by atoms with Gasteiger partial charge in [0.15, 0.2) is 0 Å². The summed E-state index contributed by atoms with van der Waals surface area (Å²) in [6.45, 7) is 0.533. The van der Waals surface area contributed by atoms with Crippen LogP contribution in [0.1, 0.15) is 42.6 Å². The van der Waals surface area contributed by atoms with Crippen LogP contribution in [-0.4, -0.2) is 47.8 Å². The zero-order valence-electron chi connectivity index (χ0n) is 16.1. The summed E-state index contributed by atoms with van der Waals surface area (Å²) in [6.07, 6.45) is 5.04. The number of ether oxygens (including phenoxy) is 2. The van der Waals surface area contributed by atoms with Gasteiger partial charge < -0.3 is 19.8 Å². The van der Waals surface area contributed by atoms with Gasteiger partial charge in [-0.3, -0.25) is 14.8 Å². The Morgan fingerprint density at radius 3 is 2.64 bits per heavy atom. The molecule has 0 unspecified atom stereocenters. The zero-order chi connectivity index (χ0) is 20.4. The Morgan fingerprint density at radius 1 is 1.14 bits per heavy atom. The van der Waals surface area contributed by atoms with Gasteiger partial charge in [0, 0.05) is 19.0 Å². The number of aromatic amines is 1. The fourth-order valence-corrected chi connectivity index (χ4v) is 2.68. The number of unbranched alkanes of at least 4 members (excludes halogenated alkanes) is 3. The van der Waals surface area contributed by atoms with E-state index in [4.69, 9.17) is 14.7 Å². The number of aromatic nitrogens is 2. The van der Waals surface area contributed by atoms with E-state index >= 15 is 0 Å². The molecule has 0 radical (unpaired) electrons. The lowest BCUT2D eigenvalue weighted by atomic mass is 10.1. The lowest BCUT2D eigenvalue weighted by Crippen LogP contribution is -2.24. The van der Waals surface area contributed by atoms with Gasteiger partial charge >= 0.3 is 0 Å². The van der Waals surface area contributed by atoms with Crippen molar-refractivity contribution >= 4 is 11.8 Å². The highest BCUT2D eigenvalue weighted by atomic mass is 16.5. The summed E-state index contributed by atoms with van der Waals surface area (Å²) in [6, 6.07) is 5.36. The van der Waals surface area contributed by atoms with Gasteiger partial charge in [-0.05, 0) is 25.0 Å². The van der Waals surface area contributed by atoms with Crippen molar-refractivity contribution in [2.45, 2.75) is 32.1 Å². The van der Waals surface area contributed by atoms with E-state index in [9.17, 15) is 9.59 Å². The van der Waals surface area contributed by atoms with Gasteiger partial charge in [0.25, 0.3) is 5.91 Å². The van der Waals surface area contributed by atoms with E-state index in [0.717, 1.165) is 24.8 Å². The summed E-state index contributed by atoms with van der Waals surface area (Å²) in [5.41, 5.74) is 2.71. The normalized spacial score (nSPS) is 10.4. The molecule has 0 spiro atoms. The molecule has 1 aromatic heterocycles. The standard InChI is InChI=1S/C19H26N4O5/c1-27-13-8-9-14(16(11-13)28-2)18-21-12-15(22-18)19(25)20-10-6-4-3-5-7-17(24)23-26/h8-9,11-12,26H,3-7,10H2,1-2H3,(H,20,25)(H,21,22)(H,23,24). The Balaban J connectivity index is 1.82. The molecule has 0 aliphatic rings. The molecule has 9 nitrogen and oxygen atoms in total. The van der Waals surface area contributed by atoms with E-state index in [2.05, 4.69) is 15.3 Å². The lowest BCUT2D eigenvalue weighted by molar-refractivity contribution is -0.129. The predicted octanol–water partition coefficient (Wildman–Crippen LogP) is 2.28. The number of imidazole rings is 1. The molecule has 2 rings (SSSR count). The van der Waals surface area contributed by atoms with E-state index < -0.39 is 0 Å². The molecular formula is C19H26N4O5. The fraction of sp³-hybridized carbons (Fsp3) is 0.421. The minimum atomic E-state index is -0.378. The highest BCUT2D eigenvalue weighted by molar-refractivity contribution is 5.92. The number of nitrogens with zero attached hydrogens (tertiary/aromatic N) is 1. The number of amides is 2. The summed E-state index contributed by atoms with van der Waals surface area (Å²) in [5, 5.41) is 11.2. The van der Waals surface area contributed by atoms with Crippen molar-refractivity contribution in [1.29, 1.82) is 0 Å². The Bertz CT molecular complexity index is 790. The van der Waals surface area contributed by atoms with Gasteiger partial charge in [-0.15, -0.1) is 0 Å². The number of H-pyrrole nitrogens is 1. The lowest BCUT2D eigenvalue weighted by Gasteiger charge is -2.08. The molecular weight excluding hydrogens is 364 g/mol. The number of rotatable bonds is 11. The van der Waals surface area contributed by atoms with Gasteiger partial charge in [-0.2, -0.15) is 0 Å². The number of hydroxylamine groups is 1. The molecule has 0 saturated heterocycles. The number of methoxy groups -OCH3 is 2. The Morgan fingerprint density at radius 2 is 1.93 bits per heavy atom. The summed E-state index contributed by atoms with van der Waals surface area (Å²) in [4.78, 5) is 30.4. The van der Waals surface area contributed by atoms with Crippen LogP contribution >= 0.6 is 0 Å². The number of hydrogen-bond donors (Lipinski definition) is 4. The number of benzene rings is 1. The van der Waals surface area contributed by atoms with Crippen LogP contribution in [0.5, 0.6) is 11.5 Å². The maximum Gasteiger partial charge on any atom is 0.269 e. The van der Waals surface area contributed by atoms with Crippen molar-refractivity contribution in [2.24, 2.45) is 0 Å². The second-order valence-corrected chi connectivity index (χ2v) is 6.17. The molecule has 1 heterocycles. The predicted molar refractivity (Wildman–Crippen MR) is 102 cm³/mol. The molecule has 0 saturated carbocycles. The molecule has 0 fully saturated rings. The molecule has 0 aliphatic carbocycles. The minimum Gasteiger partial charge on any atom is -0.497 e. The molecule has 28 heavy (non-hydrogen) atoms. The van der Waals surface area contributed by atoms with Crippen LogP contribution in [0.25, 0.3) is 11.4 Å². The van der Waals surface area contributed by atoms with E-state index in [1.54, 1.807) is 31.8 Å². The van der Waals surface area contributed by atoms with Crippen molar-refractivity contribution in [1.82, 2.24) is 20.8 Å². The van der Waals surface area contributed by atoms with Crippen molar-refractivity contribution < 1.29 is 24.3 Å². The molecule has 0 atom stereocenters. The third kappa shape index (κ3) is 5.98. The molecule has 4 N–H and O–H groups in total. The second-order valence-electron chi connectivity index (χ2n) is 6.17. The first kappa shape index (κ1) is 21.2. The molecule has 9 heteroatoms. The number of carbonyl (C=O) groups is 2. The van der Waals surface area contributed by atoms with Crippen LogP contribution in [0.4, 0.5) is 0 Å². The van der Waals surface area contributed by atoms with Crippen LogP contribution in [0.15, 0.2) is 24.4 Å². The third-order valence-corrected chi connectivity index (χ3v) is 4.23. The van der Waals surface area contributed by atoms with E-state index in [0.29, 0.717) is 42.4 Å². The average molecular weight is 390 g/mol. The molecule has 152 valence electrons. The first-order valence-corrected chi connectivity index (χ1v) is 9.07. The first-order valence-electron chi connectivity index (χ1n) is 9.07. The molecule has 2 amide bonds. The van der Waals surface area contributed by atoms with Gasteiger partial charge in [0.2, 0.25) is 5.91 Å². The van der Waals surface area contributed by atoms with E-state index in [-0.39, 0.29) is 11.8 Å². The quantitative estimate of drug-likeness (QED) is 0.265. The molecule has 1 aromatic carbocycles. The maximum absolute atomic E-state index is 12.2. The van der Waals surface area contributed by atoms with E-state index in [1.165, 1.54) is 6.20 Å². The number of carbonyl (C=O) groups excluding carboxylic acids is 2. The topological polar surface area (TPSA) is 126 Å². The minimum absolute atomic E-state index is 0.231. The Kier molecular flexibility index (Phi) is 8.29. The van der Waals surface area contributed by atoms with Gasteiger partial charge in [-0.25, -0.2) is 10.5 Å². The van der Waals surface area contributed by atoms with Crippen LogP contribution in [-0.2, 0) is 4.79 Å². The van der Waals surface area contributed by atoms with Gasteiger partial charge in [0.1, 0.15) is 23.0 Å². The highest BCUT2D eigenvalue weighted by Gasteiger charge is 2.14. The summed E-state index contributed by atoms with van der Waals surface area (Å²) in [5.74, 6) is 1.19. The van der Waals surface area contributed by atoms with Crippen molar-refractivity contribution in [3.05, 3.63) is 30.1 Å². The monoisotopic (exact) mass is 390 g/mol. The van der Waals surface area contributed by atoms with Crippen molar-refractivity contribution in [3.63, 3.8) is 0 Å². The molecule has 2 aromatic rings. The van der Waals surface area contributed by atoms with Crippen LogP contribution < -0.4 is 20.3 Å². The highest BCUT2D eigenvalue weighted by Crippen LogP contribution is 2.31. The summed E-state index contributed by atoms with van der Waals surface area (Å²) < 4.78 is 10.5. The SMILES string of the molecule is COc1ccc(-c2ncc(C(=O)NCCCCCCC(=O)NO)[nH]2)c(OC)c1. The Hall–Kier alpha value is -3.07. The van der Waals surface area contributed by atoms with Crippen LogP contribution in [0.2, 0.25) is 0 Å². The largest absolute Gasteiger partial charge is 0.497 e. The molecule has 0 aliphatic heterocycles. The fourth-order valence-electron chi connectivity index (χ4n) is 2.68. The zero-order valence-corrected chi connectivity index (χ0v) is 16.1. The number of hydrogen-bond acceptors (Lipinski definition) is 6. The van der Waals surface area contributed by atoms with Crippen molar-refractivity contribution in [3.8, 4) is 22.9 Å². The van der Waals surface area contributed by atoms with Crippen molar-refractivity contribution in [2.75, 3.05) is 20.8 Å². The second kappa shape index (κ2) is 10.9. The number of nitrogens with one attached hydrogen (secondary N) is 3. The van der Waals surface area contributed by atoms with Crippen LogP contribution in [0.3, 0.4) is 0 Å². The molecule has 0 bridgehead atoms. The summed E-state index contributed by atoms with van der Waals surface area (Å²) >= 11 is 0. The third-order valence-electron chi connectivity index (χ3n) is 4.23.